The smallest absolute Gasteiger partial charge is 0.277 e. The molecule has 0 saturated heterocycles. The van der Waals surface area contributed by atoms with Crippen molar-refractivity contribution in [3.63, 3.8) is 0 Å². The van der Waals surface area contributed by atoms with E-state index in [-0.39, 0.29) is 5.91 Å². The number of aromatic nitrogens is 4. The Bertz CT molecular complexity index is 885. The van der Waals surface area contributed by atoms with Crippen LogP contribution < -0.4 is 5.32 Å². The van der Waals surface area contributed by atoms with Gasteiger partial charge in [-0.15, -0.1) is 5.10 Å². The third-order valence-corrected chi connectivity index (χ3v) is 4.76. The number of hydrogen-bond donors (Lipinski definition) is 1. The average molecular weight is 362 g/mol. The van der Waals surface area contributed by atoms with Crippen LogP contribution in [0.3, 0.4) is 0 Å². The molecular weight excluding hydrogens is 346 g/mol. The van der Waals surface area contributed by atoms with Crippen LogP contribution >= 0.6 is 23.1 Å². The second kappa shape index (κ2) is 6.70. The summed E-state index contributed by atoms with van der Waals surface area (Å²) in [5, 5.41) is 12.0. The zero-order chi connectivity index (χ0) is 17.3. The molecule has 1 N–H and O–H groups in total. The summed E-state index contributed by atoms with van der Waals surface area (Å²) in [6, 6.07) is 7.25. The molecule has 124 valence electrons. The van der Waals surface area contributed by atoms with Crippen LogP contribution in [0.1, 0.15) is 28.8 Å². The minimum atomic E-state index is -0.296. The predicted molar refractivity (Wildman–Crippen MR) is 95.7 cm³/mol. The Morgan fingerprint density at radius 3 is 2.62 bits per heavy atom. The van der Waals surface area contributed by atoms with Gasteiger partial charge in [0.1, 0.15) is 0 Å². The first-order chi connectivity index (χ1) is 11.5. The van der Waals surface area contributed by atoms with E-state index < -0.39 is 0 Å². The van der Waals surface area contributed by atoms with E-state index in [9.17, 15) is 4.79 Å². The number of benzene rings is 1. The Morgan fingerprint density at radius 1 is 1.29 bits per heavy atom. The normalized spacial score (nSPS) is 10.8. The van der Waals surface area contributed by atoms with Gasteiger partial charge in [0.2, 0.25) is 0 Å². The molecule has 3 rings (SSSR count). The summed E-state index contributed by atoms with van der Waals surface area (Å²) in [4.78, 5) is 13.4. The maximum Gasteiger partial charge on any atom is 0.277 e. The van der Waals surface area contributed by atoms with Gasteiger partial charge in [-0.2, -0.15) is 5.10 Å². The standard InChI is InChI=1S/C16H16ClN5OS/c1-4-22-10(3)13(9(2)20-22)18-16(23)14-15(24-21-19-14)11-5-7-12(17)8-6-11/h5-8H,4H2,1-3H3,(H,18,23). The fourth-order valence-electron chi connectivity index (χ4n) is 2.49. The van der Waals surface area contributed by atoms with E-state index in [1.165, 1.54) is 11.5 Å². The molecule has 2 aromatic heterocycles. The Hall–Kier alpha value is -2.25. The van der Waals surface area contributed by atoms with Crippen molar-refractivity contribution in [2.75, 3.05) is 5.32 Å². The molecule has 6 nitrogen and oxygen atoms in total. The lowest BCUT2D eigenvalue weighted by molar-refractivity contribution is 0.102. The van der Waals surface area contributed by atoms with E-state index >= 15 is 0 Å². The Kier molecular flexibility index (Phi) is 4.64. The molecular formula is C16H16ClN5OS. The molecule has 0 spiro atoms. The van der Waals surface area contributed by atoms with Crippen LogP contribution in [0.4, 0.5) is 5.69 Å². The van der Waals surface area contributed by atoms with Gasteiger partial charge in [-0.05, 0) is 50.0 Å². The summed E-state index contributed by atoms with van der Waals surface area (Å²) in [6.07, 6.45) is 0. The fraction of sp³-hybridized carbons (Fsp3) is 0.250. The largest absolute Gasteiger partial charge is 0.317 e. The Balaban J connectivity index is 1.91. The summed E-state index contributed by atoms with van der Waals surface area (Å²) in [7, 11) is 0. The molecule has 0 aliphatic rings. The molecule has 3 aromatic rings. The van der Waals surface area contributed by atoms with Gasteiger partial charge in [-0.25, -0.2) is 0 Å². The number of carbonyl (C=O) groups is 1. The third kappa shape index (κ3) is 3.05. The van der Waals surface area contributed by atoms with Crippen LogP contribution in [-0.2, 0) is 6.54 Å². The Morgan fingerprint density at radius 2 is 2.00 bits per heavy atom. The van der Waals surface area contributed by atoms with Crippen molar-refractivity contribution in [1.29, 1.82) is 0 Å². The van der Waals surface area contributed by atoms with E-state index in [4.69, 9.17) is 11.6 Å². The van der Waals surface area contributed by atoms with Crippen molar-refractivity contribution in [2.45, 2.75) is 27.3 Å². The molecule has 8 heteroatoms. The first-order valence-electron chi connectivity index (χ1n) is 7.45. The van der Waals surface area contributed by atoms with Crippen molar-refractivity contribution < 1.29 is 4.79 Å². The number of hydrogen-bond acceptors (Lipinski definition) is 5. The second-order valence-electron chi connectivity index (χ2n) is 5.27. The van der Waals surface area contributed by atoms with Crippen molar-refractivity contribution >= 4 is 34.7 Å². The number of nitrogens with one attached hydrogen (secondary N) is 1. The summed E-state index contributed by atoms with van der Waals surface area (Å²) >= 11 is 7.10. The monoisotopic (exact) mass is 361 g/mol. The number of carbonyl (C=O) groups excluding carboxylic acids is 1. The van der Waals surface area contributed by atoms with Gasteiger partial charge in [-0.3, -0.25) is 9.48 Å². The van der Waals surface area contributed by atoms with Crippen LogP contribution in [0.25, 0.3) is 10.4 Å². The highest BCUT2D eigenvalue weighted by molar-refractivity contribution is 7.09. The molecule has 0 radical (unpaired) electrons. The number of nitrogens with zero attached hydrogens (tertiary/aromatic N) is 4. The van der Waals surface area contributed by atoms with Crippen LogP contribution in [-0.4, -0.2) is 25.3 Å². The lowest BCUT2D eigenvalue weighted by Crippen LogP contribution is -2.14. The van der Waals surface area contributed by atoms with Gasteiger partial charge in [0.05, 0.1) is 22.0 Å². The van der Waals surface area contributed by atoms with Gasteiger partial charge in [-0.1, -0.05) is 28.2 Å². The Labute approximate surface area is 148 Å². The van der Waals surface area contributed by atoms with Gasteiger partial charge >= 0.3 is 0 Å². The van der Waals surface area contributed by atoms with Gasteiger partial charge in [0, 0.05) is 11.6 Å². The molecule has 24 heavy (non-hydrogen) atoms. The van der Waals surface area contributed by atoms with Crippen LogP contribution in [0.2, 0.25) is 5.02 Å². The predicted octanol–water partition coefficient (Wildman–Crippen LogP) is 3.94. The van der Waals surface area contributed by atoms with Crippen LogP contribution in [0.5, 0.6) is 0 Å². The molecule has 0 atom stereocenters. The van der Waals surface area contributed by atoms with Gasteiger partial charge < -0.3 is 5.32 Å². The van der Waals surface area contributed by atoms with E-state index in [0.717, 1.165) is 29.2 Å². The number of anilines is 1. The van der Waals surface area contributed by atoms with E-state index in [1.54, 1.807) is 12.1 Å². The minimum Gasteiger partial charge on any atom is -0.317 e. The topological polar surface area (TPSA) is 72.7 Å². The van der Waals surface area contributed by atoms with Crippen LogP contribution in [0, 0.1) is 13.8 Å². The van der Waals surface area contributed by atoms with Crippen molar-refractivity contribution in [3.05, 3.63) is 46.4 Å². The fourth-order valence-corrected chi connectivity index (χ4v) is 3.28. The van der Waals surface area contributed by atoms with E-state index in [0.29, 0.717) is 15.6 Å². The highest BCUT2D eigenvalue weighted by Crippen LogP contribution is 2.28. The first-order valence-corrected chi connectivity index (χ1v) is 8.60. The lowest BCUT2D eigenvalue weighted by atomic mass is 10.1. The highest BCUT2D eigenvalue weighted by atomic mass is 35.5. The molecule has 0 fully saturated rings. The van der Waals surface area contributed by atoms with Gasteiger partial charge in [0.25, 0.3) is 5.91 Å². The second-order valence-corrected chi connectivity index (χ2v) is 6.46. The van der Waals surface area contributed by atoms with E-state index in [2.05, 4.69) is 20.0 Å². The maximum absolute atomic E-state index is 12.7. The highest BCUT2D eigenvalue weighted by Gasteiger charge is 2.21. The molecule has 1 amide bonds. The number of halogens is 1. The molecule has 0 unspecified atom stereocenters. The first kappa shape index (κ1) is 16.6. The summed E-state index contributed by atoms with van der Waals surface area (Å²) in [6.45, 7) is 6.55. The van der Waals surface area contributed by atoms with Gasteiger partial charge in [0.15, 0.2) is 5.69 Å². The molecule has 0 saturated carbocycles. The van der Waals surface area contributed by atoms with Crippen LogP contribution in [0.15, 0.2) is 24.3 Å². The van der Waals surface area contributed by atoms with Crippen molar-refractivity contribution in [2.24, 2.45) is 0 Å². The molecule has 0 aliphatic heterocycles. The zero-order valence-electron chi connectivity index (χ0n) is 13.5. The van der Waals surface area contributed by atoms with Crippen molar-refractivity contribution in [3.8, 4) is 10.4 Å². The number of aryl methyl sites for hydroxylation is 2. The molecule has 0 bridgehead atoms. The quantitative estimate of drug-likeness (QED) is 0.763. The maximum atomic E-state index is 12.7. The minimum absolute atomic E-state index is 0.296. The number of rotatable bonds is 4. The summed E-state index contributed by atoms with van der Waals surface area (Å²) < 4.78 is 5.78. The molecule has 2 heterocycles. The number of amides is 1. The average Bonchev–Trinajstić information content (AvgIpc) is 3.15. The zero-order valence-corrected chi connectivity index (χ0v) is 15.1. The lowest BCUT2D eigenvalue weighted by Gasteiger charge is -2.06. The molecule has 1 aromatic carbocycles. The van der Waals surface area contributed by atoms with E-state index in [1.807, 2.05) is 37.6 Å². The molecule has 0 aliphatic carbocycles. The van der Waals surface area contributed by atoms with Crippen molar-refractivity contribution in [1.82, 2.24) is 19.4 Å². The summed E-state index contributed by atoms with van der Waals surface area (Å²) in [5.41, 5.74) is 3.57. The summed E-state index contributed by atoms with van der Waals surface area (Å²) in [5.74, 6) is -0.296. The third-order valence-electron chi connectivity index (χ3n) is 3.73. The SMILES string of the molecule is CCn1nc(C)c(NC(=O)c2nnsc2-c2ccc(Cl)cc2)c1C.